The largest absolute Gasteiger partial charge is 0.388 e. The molecular formula is C16H20N2O3. The van der Waals surface area contributed by atoms with Crippen LogP contribution >= 0.6 is 0 Å². The van der Waals surface area contributed by atoms with Gasteiger partial charge in [-0.25, -0.2) is 0 Å². The Bertz CT molecular complexity index is 634. The molecule has 1 atom stereocenters. The van der Waals surface area contributed by atoms with Crippen molar-refractivity contribution in [3.63, 3.8) is 0 Å². The quantitative estimate of drug-likeness (QED) is 0.652. The van der Waals surface area contributed by atoms with Crippen LogP contribution in [-0.2, 0) is 6.54 Å². The van der Waals surface area contributed by atoms with Gasteiger partial charge in [0.15, 0.2) is 0 Å². The first-order chi connectivity index (χ1) is 10.0. The van der Waals surface area contributed by atoms with Crippen molar-refractivity contribution in [1.82, 2.24) is 4.57 Å². The standard InChI is InChI=1S/C16H20N2O3/c1-3-5-16(19)14-8-9-17(11-14)10-13-6-4-7-15(12(13)2)18(20)21/h4,6-9,11,16,19H,3,5,10H2,1-2H3. The monoisotopic (exact) mass is 288 g/mol. The van der Waals surface area contributed by atoms with Gasteiger partial charge in [0.1, 0.15) is 0 Å². The molecule has 0 radical (unpaired) electrons. The van der Waals surface area contributed by atoms with Crippen molar-refractivity contribution in [1.29, 1.82) is 0 Å². The maximum Gasteiger partial charge on any atom is 0.272 e. The minimum absolute atomic E-state index is 0.144. The highest BCUT2D eigenvalue weighted by Crippen LogP contribution is 2.23. The van der Waals surface area contributed by atoms with Crippen LogP contribution in [-0.4, -0.2) is 14.6 Å². The highest BCUT2D eigenvalue weighted by Gasteiger charge is 2.14. The van der Waals surface area contributed by atoms with E-state index in [1.807, 2.05) is 36.0 Å². The summed E-state index contributed by atoms with van der Waals surface area (Å²) in [5.74, 6) is 0. The second kappa shape index (κ2) is 6.54. The average Bonchev–Trinajstić information content (AvgIpc) is 2.90. The number of nitro benzene ring substituents is 1. The number of nitro groups is 1. The van der Waals surface area contributed by atoms with E-state index in [0.29, 0.717) is 12.1 Å². The Morgan fingerprint density at radius 2 is 2.14 bits per heavy atom. The molecule has 5 nitrogen and oxygen atoms in total. The van der Waals surface area contributed by atoms with E-state index in [1.54, 1.807) is 13.0 Å². The molecule has 0 saturated carbocycles. The molecule has 1 N–H and O–H groups in total. The zero-order valence-electron chi connectivity index (χ0n) is 12.3. The van der Waals surface area contributed by atoms with E-state index in [-0.39, 0.29) is 10.6 Å². The van der Waals surface area contributed by atoms with Gasteiger partial charge >= 0.3 is 0 Å². The van der Waals surface area contributed by atoms with Gasteiger partial charge in [0.25, 0.3) is 5.69 Å². The molecule has 1 unspecified atom stereocenters. The lowest BCUT2D eigenvalue weighted by Crippen LogP contribution is -2.02. The van der Waals surface area contributed by atoms with Crippen LogP contribution in [0.25, 0.3) is 0 Å². The van der Waals surface area contributed by atoms with E-state index < -0.39 is 6.10 Å². The lowest BCUT2D eigenvalue weighted by molar-refractivity contribution is -0.385. The van der Waals surface area contributed by atoms with Crippen molar-refractivity contribution in [3.8, 4) is 0 Å². The molecule has 1 heterocycles. The smallest absolute Gasteiger partial charge is 0.272 e. The minimum atomic E-state index is -0.442. The molecule has 112 valence electrons. The molecule has 0 aliphatic rings. The summed E-state index contributed by atoms with van der Waals surface area (Å²) >= 11 is 0. The molecule has 2 rings (SSSR count). The number of nitrogens with zero attached hydrogens (tertiary/aromatic N) is 2. The third kappa shape index (κ3) is 3.49. The molecule has 2 aromatic rings. The van der Waals surface area contributed by atoms with Gasteiger partial charge in [0.05, 0.1) is 11.0 Å². The number of hydrogen-bond acceptors (Lipinski definition) is 3. The van der Waals surface area contributed by atoms with Gasteiger partial charge in [0, 0.05) is 30.6 Å². The summed E-state index contributed by atoms with van der Waals surface area (Å²) in [6.45, 7) is 4.36. The molecule has 0 spiro atoms. The van der Waals surface area contributed by atoms with Crippen molar-refractivity contribution in [3.05, 3.63) is 63.5 Å². The second-order valence-electron chi connectivity index (χ2n) is 5.24. The number of aliphatic hydroxyl groups excluding tert-OH is 1. The summed E-state index contributed by atoms with van der Waals surface area (Å²) in [5, 5.41) is 20.9. The van der Waals surface area contributed by atoms with E-state index in [1.165, 1.54) is 6.07 Å². The fourth-order valence-electron chi connectivity index (χ4n) is 2.43. The number of benzene rings is 1. The van der Waals surface area contributed by atoms with Gasteiger partial charge in [-0.1, -0.05) is 25.5 Å². The van der Waals surface area contributed by atoms with Crippen molar-refractivity contribution in [2.45, 2.75) is 39.3 Å². The summed E-state index contributed by atoms with van der Waals surface area (Å²) in [6.07, 6.45) is 5.02. The van der Waals surface area contributed by atoms with Crippen molar-refractivity contribution >= 4 is 5.69 Å². The average molecular weight is 288 g/mol. The van der Waals surface area contributed by atoms with Gasteiger partial charge in [-0.2, -0.15) is 0 Å². The van der Waals surface area contributed by atoms with Crippen LogP contribution < -0.4 is 0 Å². The van der Waals surface area contributed by atoms with E-state index in [4.69, 9.17) is 0 Å². The van der Waals surface area contributed by atoms with Crippen LogP contribution in [0.2, 0.25) is 0 Å². The molecule has 1 aromatic carbocycles. The van der Waals surface area contributed by atoms with Crippen molar-refractivity contribution in [2.24, 2.45) is 0 Å². The molecule has 0 aliphatic carbocycles. The molecule has 0 amide bonds. The fourth-order valence-corrected chi connectivity index (χ4v) is 2.43. The fraction of sp³-hybridized carbons (Fsp3) is 0.375. The van der Waals surface area contributed by atoms with Gasteiger partial charge in [-0.15, -0.1) is 0 Å². The highest BCUT2D eigenvalue weighted by molar-refractivity contribution is 5.44. The van der Waals surface area contributed by atoms with Crippen LogP contribution in [0.3, 0.4) is 0 Å². The van der Waals surface area contributed by atoms with Gasteiger partial charge < -0.3 is 9.67 Å². The Kier molecular flexibility index (Phi) is 4.75. The maximum atomic E-state index is 11.0. The zero-order chi connectivity index (χ0) is 15.4. The predicted octanol–water partition coefficient (Wildman–Crippen LogP) is 3.59. The number of aromatic nitrogens is 1. The molecule has 0 saturated heterocycles. The van der Waals surface area contributed by atoms with Crippen LogP contribution in [0.15, 0.2) is 36.7 Å². The summed E-state index contributed by atoms with van der Waals surface area (Å²) in [7, 11) is 0. The van der Waals surface area contributed by atoms with Crippen molar-refractivity contribution in [2.75, 3.05) is 0 Å². The lowest BCUT2D eigenvalue weighted by Gasteiger charge is -2.08. The lowest BCUT2D eigenvalue weighted by atomic mass is 10.1. The molecule has 5 heteroatoms. The van der Waals surface area contributed by atoms with Crippen LogP contribution in [0.1, 0.15) is 42.6 Å². The first-order valence-corrected chi connectivity index (χ1v) is 7.09. The van der Waals surface area contributed by atoms with E-state index in [9.17, 15) is 15.2 Å². The van der Waals surface area contributed by atoms with E-state index in [2.05, 4.69) is 0 Å². The topological polar surface area (TPSA) is 68.3 Å². The van der Waals surface area contributed by atoms with Crippen molar-refractivity contribution < 1.29 is 10.0 Å². The van der Waals surface area contributed by atoms with Crippen LogP contribution in [0.4, 0.5) is 5.69 Å². The molecule has 21 heavy (non-hydrogen) atoms. The predicted molar refractivity (Wildman–Crippen MR) is 81.2 cm³/mol. The summed E-state index contributed by atoms with van der Waals surface area (Å²) in [6, 6.07) is 7.01. The first kappa shape index (κ1) is 15.3. The van der Waals surface area contributed by atoms with Gasteiger partial charge in [-0.05, 0) is 30.5 Å². The molecule has 0 aliphatic heterocycles. The van der Waals surface area contributed by atoms with E-state index in [0.717, 1.165) is 24.0 Å². The van der Waals surface area contributed by atoms with Gasteiger partial charge in [0.2, 0.25) is 0 Å². The Morgan fingerprint density at radius 1 is 1.38 bits per heavy atom. The third-order valence-electron chi connectivity index (χ3n) is 3.69. The Labute approximate surface area is 124 Å². The molecular weight excluding hydrogens is 268 g/mol. The normalized spacial score (nSPS) is 12.3. The Hall–Kier alpha value is -2.14. The third-order valence-corrected chi connectivity index (χ3v) is 3.69. The molecule has 0 bridgehead atoms. The summed E-state index contributed by atoms with van der Waals surface area (Å²) in [5.41, 5.74) is 2.63. The highest BCUT2D eigenvalue weighted by atomic mass is 16.6. The molecule has 0 fully saturated rings. The zero-order valence-corrected chi connectivity index (χ0v) is 12.3. The maximum absolute atomic E-state index is 11.0. The van der Waals surface area contributed by atoms with Crippen LogP contribution in [0.5, 0.6) is 0 Å². The minimum Gasteiger partial charge on any atom is -0.388 e. The van der Waals surface area contributed by atoms with Crippen LogP contribution in [0, 0.1) is 17.0 Å². The Morgan fingerprint density at radius 3 is 2.81 bits per heavy atom. The Balaban J connectivity index is 2.19. The van der Waals surface area contributed by atoms with E-state index >= 15 is 0 Å². The summed E-state index contributed by atoms with van der Waals surface area (Å²) < 4.78 is 1.94. The van der Waals surface area contributed by atoms with Gasteiger partial charge in [-0.3, -0.25) is 10.1 Å². The number of aliphatic hydroxyl groups is 1. The summed E-state index contributed by atoms with van der Waals surface area (Å²) in [4.78, 5) is 10.6. The second-order valence-corrected chi connectivity index (χ2v) is 5.24. The first-order valence-electron chi connectivity index (χ1n) is 7.09. The number of rotatable bonds is 6. The molecule has 1 aromatic heterocycles. The SMILES string of the molecule is CCCC(O)c1ccn(Cc2cccc([N+](=O)[O-])c2C)c1. The number of hydrogen-bond donors (Lipinski definition) is 1.